The van der Waals surface area contributed by atoms with Crippen LogP contribution < -0.4 is 10.6 Å². The number of aromatic carboxylic acids is 1. The molecule has 2 amide bonds. The third-order valence-electron chi connectivity index (χ3n) is 2.58. The summed E-state index contributed by atoms with van der Waals surface area (Å²) in [5, 5.41) is 13.9. The first-order valence-electron chi connectivity index (χ1n) is 5.83. The fourth-order valence-electron chi connectivity index (χ4n) is 1.64. The molecule has 0 saturated carbocycles. The van der Waals surface area contributed by atoms with Crippen molar-refractivity contribution in [3.8, 4) is 0 Å². The fourth-order valence-corrected chi connectivity index (χ4v) is 1.81. The standard InChI is InChI=1S/C14H10ClFN2O3/c15-8-5-6-11(9(7-8)13(19)20)17-14(21)18-12-4-2-1-3-10(12)16/h1-7H,(H,19,20)(H2,17,18,21). The highest BCUT2D eigenvalue weighted by atomic mass is 35.5. The molecule has 21 heavy (non-hydrogen) atoms. The van der Waals surface area contributed by atoms with Gasteiger partial charge in [-0.1, -0.05) is 23.7 Å². The minimum absolute atomic E-state index is 0.0131. The molecule has 0 fully saturated rings. The molecule has 0 spiro atoms. The Bertz CT molecular complexity index is 706. The Morgan fingerprint density at radius 1 is 1.05 bits per heavy atom. The number of benzene rings is 2. The van der Waals surface area contributed by atoms with Crippen molar-refractivity contribution in [3.63, 3.8) is 0 Å². The number of hydrogen-bond donors (Lipinski definition) is 3. The van der Waals surface area contributed by atoms with Crippen molar-refractivity contribution in [1.29, 1.82) is 0 Å². The van der Waals surface area contributed by atoms with E-state index in [4.69, 9.17) is 16.7 Å². The number of carbonyl (C=O) groups is 2. The van der Waals surface area contributed by atoms with Crippen LogP contribution in [0.15, 0.2) is 42.5 Å². The number of halogens is 2. The average Bonchev–Trinajstić information content (AvgIpc) is 2.43. The van der Waals surface area contributed by atoms with Crippen molar-refractivity contribution < 1.29 is 19.1 Å². The van der Waals surface area contributed by atoms with Crippen molar-refractivity contribution in [3.05, 3.63) is 58.9 Å². The zero-order chi connectivity index (χ0) is 15.4. The first-order chi connectivity index (χ1) is 9.97. The number of carboxylic acid groups (broad SMARTS) is 1. The van der Waals surface area contributed by atoms with Crippen LogP contribution in [-0.4, -0.2) is 17.1 Å². The van der Waals surface area contributed by atoms with Crippen LogP contribution in [-0.2, 0) is 0 Å². The van der Waals surface area contributed by atoms with E-state index < -0.39 is 17.8 Å². The molecule has 0 bridgehead atoms. The first kappa shape index (κ1) is 14.8. The monoisotopic (exact) mass is 308 g/mol. The molecule has 0 saturated heterocycles. The van der Waals surface area contributed by atoms with Crippen LogP contribution in [0.5, 0.6) is 0 Å². The SMILES string of the molecule is O=C(Nc1ccccc1F)Nc1ccc(Cl)cc1C(=O)O. The Labute approximate surface area is 124 Å². The summed E-state index contributed by atoms with van der Waals surface area (Å²) in [5.41, 5.74) is -0.118. The summed E-state index contributed by atoms with van der Waals surface area (Å²) < 4.78 is 13.4. The molecule has 2 aromatic rings. The number of amides is 2. The number of anilines is 2. The van der Waals surface area contributed by atoms with Crippen LogP contribution in [0.4, 0.5) is 20.6 Å². The van der Waals surface area contributed by atoms with Gasteiger partial charge < -0.3 is 15.7 Å². The Kier molecular flexibility index (Phi) is 4.39. The lowest BCUT2D eigenvalue weighted by atomic mass is 10.2. The van der Waals surface area contributed by atoms with Gasteiger partial charge in [-0.3, -0.25) is 0 Å². The van der Waals surface area contributed by atoms with Crippen LogP contribution in [0.1, 0.15) is 10.4 Å². The minimum Gasteiger partial charge on any atom is -0.478 e. The summed E-state index contributed by atoms with van der Waals surface area (Å²) in [6.45, 7) is 0. The summed E-state index contributed by atoms with van der Waals surface area (Å²) >= 11 is 5.71. The summed E-state index contributed by atoms with van der Waals surface area (Å²) in [6, 6.07) is 8.87. The number of carboxylic acids is 1. The second kappa shape index (κ2) is 6.23. The highest BCUT2D eigenvalue weighted by molar-refractivity contribution is 6.31. The second-order valence-electron chi connectivity index (χ2n) is 4.05. The van der Waals surface area contributed by atoms with Crippen LogP contribution >= 0.6 is 11.6 Å². The summed E-state index contributed by atoms with van der Waals surface area (Å²) in [6.07, 6.45) is 0. The third-order valence-corrected chi connectivity index (χ3v) is 2.82. The van der Waals surface area contributed by atoms with E-state index in [9.17, 15) is 14.0 Å². The van der Waals surface area contributed by atoms with Crippen molar-refractivity contribution >= 4 is 35.0 Å². The predicted molar refractivity (Wildman–Crippen MR) is 77.5 cm³/mol. The average molecular weight is 309 g/mol. The largest absolute Gasteiger partial charge is 0.478 e. The van der Waals surface area contributed by atoms with Crippen LogP contribution in [0.3, 0.4) is 0 Å². The first-order valence-corrected chi connectivity index (χ1v) is 6.20. The summed E-state index contributed by atoms with van der Waals surface area (Å²) in [4.78, 5) is 22.9. The summed E-state index contributed by atoms with van der Waals surface area (Å²) in [7, 11) is 0. The molecule has 0 heterocycles. The number of para-hydroxylation sites is 1. The predicted octanol–water partition coefficient (Wildman–Crippen LogP) is 3.82. The van der Waals surface area contributed by atoms with Gasteiger partial charge in [-0.25, -0.2) is 14.0 Å². The molecule has 0 unspecified atom stereocenters. The second-order valence-corrected chi connectivity index (χ2v) is 4.49. The van der Waals surface area contributed by atoms with E-state index in [0.29, 0.717) is 0 Å². The highest BCUT2D eigenvalue weighted by Crippen LogP contribution is 2.21. The lowest BCUT2D eigenvalue weighted by Gasteiger charge is -2.10. The zero-order valence-corrected chi connectivity index (χ0v) is 11.3. The van der Waals surface area contributed by atoms with Gasteiger partial charge in [0.05, 0.1) is 16.9 Å². The Morgan fingerprint density at radius 3 is 2.38 bits per heavy atom. The van der Waals surface area contributed by atoms with Gasteiger partial charge in [-0.2, -0.15) is 0 Å². The maximum absolute atomic E-state index is 13.4. The van der Waals surface area contributed by atoms with E-state index >= 15 is 0 Å². The van der Waals surface area contributed by atoms with Crippen LogP contribution in [0.25, 0.3) is 0 Å². The Balaban J connectivity index is 2.17. The molecule has 2 aromatic carbocycles. The van der Waals surface area contributed by atoms with E-state index in [2.05, 4.69) is 10.6 Å². The van der Waals surface area contributed by atoms with Crippen molar-refractivity contribution in [2.45, 2.75) is 0 Å². The number of hydrogen-bond acceptors (Lipinski definition) is 2. The molecule has 5 nitrogen and oxygen atoms in total. The molecule has 0 radical (unpaired) electrons. The normalized spacial score (nSPS) is 10.0. The van der Waals surface area contributed by atoms with Crippen molar-refractivity contribution in [2.24, 2.45) is 0 Å². The molecule has 0 aliphatic heterocycles. The highest BCUT2D eigenvalue weighted by Gasteiger charge is 2.14. The van der Waals surface area contributed by atoms with Gasteiger partial charge in [0.2, 0.25) is 0 Å². The van der Waals surface area contributed by atoms with Gasteiger partial charge in [-0.05, 0) is 30.3 Å². The quantitative estimate of drug-likeness (QED) is 0.806. The minimum atomic E-state index is -1.24. The lowest BCUT2D eigenvalue weighted by molar-refractivity contribution is 0.0698. The van der Waals surface area contributed by atoms with E-state index in [0.717, 1.165) is 0 Å². The molecule has 0 aliphatic carbocycles. The van der Waals surface area contributed by atoms with E-state index in [1.54, 1.807) is 6.07 Å². The molecule has 0 atom stereocenters. The van der Waals surface area contributed by atoms with Gasteiger partial charge in [0.15, 0.2) is 0 Å². The molecular weight excluding hydrogens is 299 g/mol. The topological polar surface area (TPSA) is 78.4 Å². The van der Waals surface area contributed by atoms with Crippen LogP contribution in [0.2, 0.25) is 5.02 Å². The number of carbonyl (C=O) groups excluding carboxylic acids is 1. The number of urea groups is 1. The molecule has 7 heteroatoms. The van der Waals surface area contributed by atoms with Gasteiger partial charge in [0, 0.05) is 5.02 Å². The number of rotatable bonds is 3. The van der Waals surface area contributed by atoms with E-state index in [1.165, 1.54) is 36.4 Å². The molecule has 0 aliphatic rings. The molecule has 2 rings (SSSR count). The molecule has 108 valence electrons. The zero-order valence-electron chi connectivity index (χ0n) is 10.6. The Hall–Kier alpha value is -2.60. The Morgan fingerprint density at radius 2 is 1.71 bits per heavy atom. The molecule has 3 N–H and O–H groups in total. The van der Waals surface area contributed by atoms with E-state index in [1.807, 2.05) is 0 Å². The van der Waals surface area contributed by atoms with Crippen molar-refractivity contribution in [1.82, 2.24) is 0 Å². The maximum Gasteiger partial charge on any atom is 0.337 e. The fraction of sp³-hybridized carbons (Fsp3) is 0. The third kappa shape index (κ3) is 3.70. The van der Waals surface area contributed by atoms with E-state index in [-0.39, 0.29) is 22.0 Å². The van der Waals surface area contributed by atoms with Gasteiger partial charge in [-0.15, -0.1) is 0 Å². The van der Waals surface area contributed by atoms with Gasteiger partial charge >= 0.3 is 12.0 Å². The summed E-state index contributed by atoms with van der Waals surface area (Å²) in [5.74, 6) is -1.83. The smallest absolute Gasteiger partial charge is 0.337 e. The number of nitrogens with one attached hydrogen (secondary N) is 2. The lowest BCUT2D eigenvalue weighted by Crippen LogP contribution is -2.21. The molecular formula is C14H10ClFN2O3. The van der Waals surface area contributed by atoms with Gasteiger partial charge in [0.1, 0.15) is 5.82 Å². The molecule has 0 aromatic heterocycles. The van der Waals surface area contributed by atoms with Crippen LogP contribution in [0, 0.1) is 5.82 Å². The van der Waals surface area contributed by atoms with Crippen molar-refractivity contribution in [2.75, 3.05) is 10.6 Å². The van der Waals surface area contributed by atoms with Gasteiger partial charge in [0.25, 0.3) is 0 Å². The maximum atomic E-state index is 13.4.